The SMILES string of the molecule is COc1ccc(C(=O)CN2CCN(C(=O)c3cccc(C)c3)CC2)cc1OC. The van der Waals surface area contributed by atoms with Gasteiger partial charge in [0.2, 0.25) is 0 Å². The Morgan fingerprint density at radius 1 is 0.893 bits per heavy atom. The van der Waals surface area contributed by atoms with Crippen molar-refractivity contribution in [2.75, 3.05) is 46.9 Å². The summed E-state index contributed by atoms with van der Waals surface area (Å²) in [4.78, 5) is 29.2. The second-order valence-electron chi connectivity index (χ2n) is 6.93. The zero-order chi connectivity index (χ0) is 20.1. The van der Waals surface area contributed by atoms with E-state index >= 15 is 0 Å². The minimum absolute atomic E-state index is 0.0272. The van der Waals surface area contributed by atoms with Crippen LogP contribution >= 0.6 is 0 Å². The van der Waals surface area contributed by atoms with E-state index in [-0.39, 0.29) is 11.7 Å². The summed E-state index contributed by atoms with van der Waals surface area (Å²) >= 11 is 0. The molecule has 2 aromatic rings. The summed E-state index contributed by atoms with van der Waals surface area (Å²) in [6.45, 7) is 4.89. The van der Waals surface area contributed by atoms with Crippen LogP contribution in [0.3, 0.4) is 0 Å². The molecule has 0 bridgehead atoms. The number of benzene rings is 2. The molecular weight excluding hydrogens is 356 g/mol. The fourth-order valence-electron chi connectivity index (χ4n) is 3.37. The Hall–Kier alpha value is -2.86. The molecule has 148 valence electrons. The highest BCUT2D eigenvalue weighted by atomic mass is 16.5. The van der Waals surface area contributed by atoms with E-state index in [1.165, 1.54) is 0 Å². The Morgan fingerprint density at radius 3 is 2.25 bits per heavy atom. The van der Waals surface area contributed by atoms with Crippen molar-refractivity contribution in [1.29, 1.82) is 0 Å². The Bertz CT molecular complexity index is 857. The van der Waals surface area contributed by atoms with Crippen LogP contribution in [0.15, 0.2) is 42.5 Å². The predicted octanol–water partition coefficient (Wildman–Crippen LogP) is 2.65. The van der Waals surface area contributed by atoms with Gasteiger partial charge in [-0.05, 0) is 37.3 Å². The minimum atomic E-state index is 0.0272. The lowest BCUT2D eigenvalue weighted by molar-refractivity contribution is 0.0624. The average Bonchev–Trinajstić information content (AvgIpc) is 2.73. The molecule has 0 spiro atoms. The van der Waals surface area contributed by atoms with E-state index < -0.39 is 0 Å². The maximum absolute atomic E-state index is 12.6. The number of Topliss-reactive ketones (excluding diaryl/α,β-unsaturated/α-hetero) is 1. The number of carbonyl (C=O) groups is 2. The van der Waals surface area contributed by atoms with Crippen molar-refractivity contribution in [3.05, 3.63) is 59.2 Å². The zero-order valence-corrected chi connectivity index (χ0v) is 16.6. The molecule has 6 nitrogen and oxygen atoms in total. The Morgan fingerprint density at radius 2 is 1.61 bits per heavy atom. The lowest BCUT2D eigenvalue weighted by Crippen LogP contribution is -2.49. The lowest BCUT2D eigenvalue weighted by Gasteiger charge is -2.34. The molecule has 28 heavy (non-hydrogen) atoms. The molecule has 1 fully saturated rings. The number of ether oxygens (including phenoxy) is 2. The molecule has 1 aliphatic rings. The van der Waals surface area contributed by atoms with Crippen molar-refractivity contribution >= 4 is 11.7 Å². The van der Waals surface area contributed by atoms with Crippen molar-refractivity contribution in [3.63, 3.8) is 0 Å². The Kier molecular flexibility index (Phi) is 6.31. The second-order valence-corrected chi connectivity index (χ2v) is 6.93. The van der Waals surface area contributed by atoms with E-state index in [0.29, 0.717) is 49.8 Å². The molecule has 6 heteroatoms. The van der Waals surface area contributed by atoms with Crippen molar-refractivity contribution in [2.24, 2.45) is 0 Å². The smallest absolute Gasteiger partial charge is 0.253 e. The predicted molar refractivity (Wildman–Crippen MR) is 107 cm³/mol. The van der Waals surface area contributed by atoms with Gasteiger partial charge in [-0.15, -0.1) is 0 Å². The van der Waals surface area contributed by atoms with Crippen LogP contribution in [0.25, 0.3) is 0 Å². The Labute approximate surface area is 165 Å². The van der Waals surface area contributed by atoms with Crippen LogP contribution in [0.1, 0.15) is 26.3 Å². The highest BCUT2D eigenvalue weighted by molar-refractivity contribution is 5.98. The summed E-state index contributed by atoms with van der Waals surface area (Å²) in [5, 5.41) is 0. The normalized spacial score (nSPS) is 14.6. The number of methoxy groups -OCH3 is 2. The quantitative estimate of drug-likeness (QED) is 0.719. The number of amides is 1. The fraction of sp³-hybridized carbons (Fsp3) is 0.364. The number of hydrogen-bond donors (Lipinski definition) is 0. The van der Waals surface area contributed by atoms with Gasteiger partial charge >= 0.3 is 0 Å². The van der Waals surface area contributed by atoms with Crippen molar-refractivity contribution in [1.82, 2.24) is 9.80 Å². The van der Waals surface area contributed by atoms with E-state index in [2.05, 4.69) is 4.90 Å². The molecule has 2 aromatic carbocycles. The van der Waals surface area contributed by atoms with Gasteiger partial charge in [0.25, 0.3) is 5.91 Å². The summed E-state index contributed by atoms with van der Waals surface area (Å²) in [5.74, 6) is 1.22. The summed E-state index contributed by atoms with van der Waals surface area (Å²) in [6, 6.07) is 12.8. The first-order valence-corrected chi connectivity index (χ1v) is 9.35. The summed E-state index contributed by atoms with van der Waals surface area (Å²) < 4.78 is 10.5. The van der Waals surface area contributed by atoms with Gasteiger partial charge in [-0.3, -0.25) is 14.5 Å². The van der Waals surface area contributed by atoms with Gasteiger partial charge in [0, 0.05) is 37.3 Å². The summed E-state index contributed by atoms with van der Waals surface area (Å²) in [6.07, 6.45) is 0. The molecular formula is C22H26N2O4. The molecule has 1 amide bonds. The number of rotatable bonds is 6. The molecule has 3 rings (SSSR count). The average molecular weight is 382 g/mol. The van der Waals surface area contributed by atoms with Gasteiger partial charge in [-0.2, -0.15) is 0 Å². The number of aryl methyl sites for hydroxylation is 1. The summed E-state index contributed by atoms with van der Waals surface area (Å²) in [7, 11) is 3.12. The molecule has 0 atom stereocenters. The third-order valence-corrected chi connectivity index (χ3v) is 5.00. The van der Waals surface area contributed by atoms with Crippen LogP contribution in [-0.4, -0.2) is 68.4 Å². The van der Waals surface area contributed by atoms with Crippen LogP contribution in [-0.2, 0) is 0 Å². The lowest BCUT2D eigenvalue weighted by atomic mass is 10.1. The van der Waals surface area contributed by atoms with Crippen LogP contribution in [0.5, 0.6) is 11.5 Å². The zero-order valence-electron chi connectivity index (χ0n) is 16.6. The summed E-state index contributed by atoms with van der Waals surface area (Å²) in [5.41, 5.74) is 2.38. The number of piperazine rings is 1. The first kappa shape index (κ1) is 19.9. The standard InChI is InChI=1S/C22H26N2O4/c1-16-5-4-6-18(13-16)22(26)24-11-9-23(10-12-24)15-19(25)17-7-8-20(27-2)21(14-17)28-3/h4-8,13-14H,9-12,15H2,1-3H3. The highest BCUT2D eigenvalue weighted by Gasteiger charge is 2.24. The van der Waals surface area contributed by atoms with Crippen molar-refractivity contribution in [3.8, 4) is 11.5 Å². The fourth-order valence-corrected chi connectivity index (χ4v) is 3.37. The topological polar surface area (TPSA) is 59.1 Å². The van der Waals surface area contributed by atoms with Gasteiger partial charge < -0.3 is 14.4 Å². The molecule has 0 unspecified atom stereocenters. The minimum Gasteiger partial charge on any atom is -0.493 e. The van der Waals surface area contributed by atoms with Crippen molar-refractivity contribution < 1.29 is 19.1 Å². The van der Waals surface area contributed by atoms with Crippen LogP contribution in [0, 0.1) is 6.92 Å². The van der Waals surface area contributed by atoms with Gasteiger partial charge in [0.05, 0.1) is 20.8 Å². The van der Waals surface area contributed by atoms with Crippen LogP contribution in [0.4, 0.5) is 0 Å². The largest absolute Gasteiger partial charge is 0.493 e. The number of carbonyl (C=O) groups excluding carboxylic acids is 2. The molecule has 1 heterocycles. The molecule has 1 saturated heterocycles. The first-order chi connectivity index (χ1) is 13.5. The van der Waals surface area contributed by atoms with E-state index in [1.807, 2.05) is 36.1 Å². The van der Waals surface area contributed by atoms with Crippen LogP contribution in [0.2, 0.25) is 0 Å². The van der Waals surface area contributed by atoms with Gasteiger partial charge in [0.1, 0.15) is 0 Å². The van der Waals surface area contributed by atoms with Gasteiger partial charge in [-0.1, -0.05) is 17.7 Å². The van der Waals surface area contributed by atoms with E-state index in [1.54, 1.807) is 32.4 Å². The second kappa shape index (κ2) is 8.89. The van der Waals surface area contributed by atoms with E-state index in [4.69, 9.17) is 9.47 Å². The number of ketones is 1. The van der Waals surface area contributed by atoms with Crippen molar-refractivity contribution in [2.45, 2.75) is 6.92 Å². The molecule has 0 radical (unpaired) electrons. The Balaban J connectivity index is 1.57. The number of hydrogen-bond acceptors (Lipinski definition) is 5. The first-order valence-electron chi connectivity index (χ1n) is 9.35. The third-order valence-electron chi connectivity index (χ3n) is 5.00. The van der Waals surface area contributed by atoms with E-state index in [0.717, 1.165) is 11.1 Å². The van der Waals surface area contributed by atoms with Gasteiger partial charge in [0.15, 0.2) is 17.3 Å². The molecule has 0 aliphatic carbocycles. The molecule has 0 saturated carbocycles. The number of nitrogens with zero attached hydrogens (tertiary/aromatic N) is 2. The third kappa shape index (κ3) is 4.51. The maximum atomic E-state index is 12.6. The monoisotopic (exact) mass is 382 g/mol. The molecule has 0 aromatic heterocycles. The van der Waals surface area contributed by atoms with E-state index in [9.17, 15) is 9.59 Å². The molecule has 1 aliphatic heterocycles. The maximum Gasteiger partial charge on any atom is 0.253 e. The van der Waals surface area contributed by atoms with Gasteiger partial charge in [-0.25, -0.2) is 0 Å². The highest BCUT2D eigenvalue weighted by Crippen LogP contribution is 2.27. The van der Waals surface area contributed by atoms with Crippen LogP contribution < -0.4 is 9.47 Å². The molecule has 0 N–H and O–H groups in total.